The van der Waals surface area contributed by atoms with Crippen molar-refractivity contribution in [3.63, 3.8) is 0 Å². The lowest BCUT2D eigenvalue weighted by Crippen LogP contribution is -2.12. The molecule has 0 aliphatic carbocycles. The molecule has 0 saturated carbocycles. The van der Waals surface area contributed by atoms with E-state index in [1.165, 1.54) is 5.56 Å². The molecule has 0 unspecified atom stereocenters. The minimum atomic E-state index is 0.829. The number of hydrogen-bond donors (Lipinski definition) is 1. The van der Waals surface area contributed by atoms with Crippen LogP contribution in [0.3, 0.4) is 0 Å². The molecule has 0 saturated heterocycles. The van der Waals surface area contributed by atoms with Crippen molar-refractivity contribution in [1.82, 2.24) is 10.2 Å². The molecule has 0 spiro atoms. The third-order valence-corrected chi connectivity index (χ3v) is 2.08. The van der Waals surface area contributed by atoms with Crippen LogP contribution in [0.25, 0.3) is 0 Å². The molecule has 0 atom stereocenters. The van der Waals surface area contributed by atoms with Crippen LogP contribution in [-0.2, 0) is 13.1 Å². The standard InChI is InChI=1S/C11H20N2O/c1-5-12-7-11-9(2)6-10(14-11)8-13(3)4/h6,12H,5,7-8H2,1-4H3. The summed E-state index contributed by atoms with van der Waals surface area (Å²) in [5.74, 6) is 2.10. The fourth-order valence-corrected chi connectivity index (χ4v) is 1.39. The van der Waals surface area contributed by atoms with Crippen molar-refractivity contribution in [3.8, 4) is 0 Å². The van der Waals surface area contributed by atoms with Gasteiger partial charge in [0, 0.05) is 0 Å². The molecular weight excluding hydrogens is 176 g/mol. The van der Waals surface area contributed by atoms with E-state index in [1.54, 1.807) is 0 Å². The molecule has 0 aliphatic heterocycles. The number of aryl methyl sites for hydroxylation is 1. The van der Waals surface area contributed by atoms with E-state index in [1.807, 2.05) is 14.1 Å². The average Bonchev–Trinajstić information content (AvgIpc) is 2.41. The van der Waals surface area contributed by atoms with E-state index < -0.39 is 0 Å². The maximum atomic E-state index is 5.72. The molecule has 0 bridgehead atoms. The van der Waals surface area contributed by atoms with Gasteiger partial charge in [0.25, 0.3) is 0 Å². The minimum absolute atomic E-state index is 0.829. The van der Waals surface area contributed by atoms with Crippen LogP contribution in [0.5, 0.6) is 0 Å². The quantitative estimate of drug-likeness (QED) is 0.778. The summed E-state index contributed by atoms with van der Waals surface area (Å²) in [4.78, 5) is 2.11. The third kappa shape index (κ3) is 3.16. The molecule has 1 aromatic heterocycles. The van der Waals surface area contributed by atoms with Crippen LogP contribution in [0.1, 0.15) is 24.0 Å². The normalized spacial score (nSPS) is 11.2. The molecule has 3 heteroatoms. The first-order valence-corrected chi connectivity index (χ1v) is 5.07. The highest BCUT2D eigenvalue weighted by Crippen LogP contribution is 2.15. The summed E-state index contributed by atoms with van der Waals surface area (Å²) in [5.41, 5.74) is 1.24. The van der Waals surface area contributed by atoms with Gasteiger partial charge in [-0.15, -0.1) is 0 Å². The zero-order valence-corrected chi connectivity index (χ0v) is 9.55. The Morgan fingerprint density at radius 1 is 1.43 bits per heavy atom. The van der Waals surface area contributed by atoms with Crippen LogP contribution in [-0.4, -0.2) is 25.5 Å². The number of nitrogens with one attached hydrogen (secondary N) is 1. The molecule has 1 aromatic rings. The molecule has 0 aliphatic rings. The molecule has 1 N–H and O–H groups in total. The first-order chi connectivity index (χ1) is 6.63. The van der Waals surface area contributed by atoms with Gasteiger partial charge in [-0.05, 0) is 39.2 Å². The molecule has 80 valence electrons. The van der Waals surface area contributed by atoms with Crippen LogP contribution < -0.4 is 5.32 Å². The Morgan fingerprint density at radius 2 is 2.14 bits per heavy atom. The Morgan fingerprint density at radius 3 is 2.71 bits per heavy atom. The molecule has 1 rings (SSSR count). The SMILES string of the molecule is CCNCc1oc(CN(C)C)cc1C. The minimum Gasteiger partial charge on any atom is -0.463 e. The zero-order valence-electron chi connectivity index (χ0n) is 9.55. The van der Waals surface area contributed by atoms with Gasteiger partial charge in [0.1, 0.15) is 11.5 Å². The van der Waals surface area contributed by atoms with Gasteiger partial charge < -0.3 is 14.6 Å². The van der Waals surface area contributed by atoms with E-state index in [9.17, 15) is 0 Å². The van der Waals surface area contributed by atoms with Crippen molar-refractivity contribution in [2.75, 3.05) is 20.6 Å². The zero-order chi connectivity index (χ0) is 10.6. The maximum Gasteiger partial charge on any atom is 0.120 e. The average molecular weight is 196 g/mol. The summed E-state index contributed by atoms with van der Waals surface area (Å²) < 4.78 is 5.72. The molecular formula is C11H20N2O. The molecule has 0 fully saturated rings. The lowest BCUT2D eigenvalue weighted by Gasteiger charge is -2.05. The number of furan rings is 1. The summed E-state index contributed by atoms with van der Waals surface area (Å²) in [5, 5.41) is 3.26. The van der Waals surface area contributed by atoms with Gasteiger partial charge in [-0.2, -0.15) is 0 Å². The molecule has 0 radical (unpaired) electrons. The van der Waals surface area contributed by atoms with E-state index in [-0.39, 0.29) is 0 Å². The number of nitrogens with zero attached hydrogens (tertiary/aromatic N) is 1. The van der Waals surface area contributed by atoms with Crippen LogP contribution in [0.15, 0.2) is 10.5 Å². The van der Waals surface area contributed by atoms with Crippen molar-refractivity contribution in [2.24, 2.45) is 0 Å². The van der Waals surface area contributed by atoms with E-state index in [2.05, 4.69) is 30.1 Å². The fourth-order valence-electron chi connectivity index (χ4n) is 1.39. The molecule has 3 nitrogen and oxygen atoms in total. The van der Waals surface area contributed by atoms with E-state index in [0.717, 1.165) is 31.2 Å². The number of rotatable bonds is 5. The summed E-state index contributed by atoms with van der Waals surface area (Å²) in [7, 11) is 4.09. The highest BCUT2D eigenvalue weighted by molar-refractivity contribution is 5.19. The van der Waals surface area contributed by atoms with Crippen LogP contribution >= 0.6 is 0 Å². The maximum absolute atomic E-state index is 5.72. The van der Waals surface area contributed by atoms with Crippen LogP contribution in [0.4, 0.5) is 0 Å². The van der Waals surface area contributed by atoms with Crippen molar-refractivity contribution in [3.05, 3.63) is 23.2 Å². The van der Waals surface area contributed by atoms with Gasteiger partial charge >= 0.3 is 0 Å². The van der Waals surface area contributed by atoms with Crippen LogP contribution in [0.2, 0.25) is 0 Å². The summed E-state index contributed by atoms with van der Waals surface area (Å²) >= 11 is 0. The second-order valence-electron chi connectivity index (χ2n) is 3.84. The lowest BCUT2D eigenvalue weighted by atomic mass is 10.2. The van der Waals surface area contributed by atoms with Gasteiger partial charge in [0.2, 0.25) is 0 Å². The Balaban J connectivity index is 2.62. The fraction of sp³-hybridized carbons (Fsp3) is 0.636. The lowest BCUT2D eigenvalue weighted by molar-refractivity contribution is 0.339. The summed E-state index contributed by atoms with van der Waals surface area (Å²) in [6.45, 7) is 6.86. The van der Waals surface area contributed by atoms with E-state index >= 15 is 0 Å². The van der Waals surface area contributed by atoms with E-state index in [4.69, 9.17) is 4.42 Å². The second-order valence-corrected chi connectivity index (χ2v) is 3.84. The van der Waals surface area contributed by atoms with Gasteiger partial charge in [-0.3, -0.25) is 0 Å². The predicted molar refractivity (Wildman–Crippen MR) is 58.2 cm³/mol. The smallest absolute Gasteiger partial charge is 0.120 e. The second kappa shape index (κ2) is 5.17. The highest BCUT2D eigenvalue weighted by atomic mass is 16.3. The number of hydrogen-bond acceptors (Lipinski definition) is 3. The largest absolute Gasteiger partial charge is 0.463 e. The van der Waals surface area contributed by atoms with Gasteiger partial charge in [-0.25, -0.2) is 0 Å². The van der Waals surface area contributed by atoms with Gasteiger partial charge in [-0.1, -0.05) is 6.92 Å². The monoisotopic (exact) mass is 196 g/mol. The van der Waals surface area contributed by atoms with Gasteiger partial charge in [0.15, 0.2) is 0 Å². The molecule has 0 aromatic carbocycles. The first-order valence-electron chi connectivity index (χ1n) is 5.07. The van der Waals surface area contributed by atoms with Crippen LogP contribution in [0, 0.1) is 6.92 Å². The van der Waals surface area contributed by atoms with Crippen molar-refractivity contribution >= 4 is 0 Å². The molecule has 0 amide bonds. The predicted octanol–water partition coefficient (Wildman–Crippen LogP) is 1.76. The summed E-state index contributed by atoms with van der Waals surface area (Å²) in [6, 6.07) is 2.12. The first kappa shape index (κ1) is 11.3. The highest BCUT2D eigenvalue weighted by Gasteiger charge is 2.07. The topological polar surface area (TPSA) is 28.4 Å². The Bertz CT molecular complexity index is 279. The Hall–Kier alpha value is -0.800. The Kier molecular flexibility index (Phi) is 4.17. The van der Waals surface area contributed by atoms with Crippen molar-refractivity contribution < 1.29 is 4.42 Å². The molecule has 1 heterocycles. The summed E-state index contributed by atoms with van der Waals surface area (Å²) in [6.07, 6.45) is 0. The third-order valence-electron chi connectivity index (χ3n) is 2.08. The van der Waals surface area contributed by atoms with Gasteiger partial charge in [0.05, 0.1) is 13.1 Å². The molecule has 14 heavy (non-hydrogen) atoms. The van der Waals surface area contributed by atoms with Crippen molar-refractivity contribution in [2.45, 2.75) is 26.9 Å². The van der Waals surface area contributed by atoms with Crippen molar-refractivity contribution in [1.29, 1.82) is 0 Å². The van der Waals surface area contributed by atoms with E-state index in [0.29, 0.717) is 0 Å². The Labute approximate surface area is 86.1 Å².